The van der Waals surface area contributed by atoms with Crippen LogP contribution in [-0.4, -0.2) is 30.5 Å². The number of pyridine rings is 1. The first-order valence-electron chi connectivity index (χ1n) is 9.87. The van der Waals surface area contributed by atoms with E-state index in [0.717, 1.165) is 30.9 Å². The van der Waals surface area contributed by atoms with Crippen molar-refractivity contribution < 1.29 is 14.3 Å². The van der Waals surface area contributed by atoms with E-state index in [1.807, 2.05) is 12.1 Å². The minimum Gasteiger partial charge on any atom is -0.465 e. The van der Waals surface area contributed by atoms with Crippen molar-refractivity contribution in [1.29, 1.82) is 0 Å². The minimum atomic E-state index is -0.468. The Kier molecular flexibility index (Phi) is 5.75. The molecular weight excluding hydrogens is 378 g/mol. The van der Waals surface area contributed by atoms with Gasteiger partial charge in [0.25, 0.3) is 5.91 Å². The maximum Gasteiger partial charge on any atom is 0.337 e. The molecule has 0 radical (unpaired) electrons. The zero-order valence-electron chi connectivity index (χ0n) is 16.8. The summed E-state index contributed by atoms with van der Waals surface area (Å²) in [6, 6.07) is 18.9. The molecule has 0 aliphatic carbocycles. The molecule has 0 fully saturated rings. The number of nitrogens with one attached hydrogen (secondary N) is 1. The van der Waals surface area contributed by atoms with E-state index in [-0.39, 0.29) is 5.91 Å². The van der Waals surface area contributed by atoms with E-state index in [0.29, 0.717) is 17.7 Å². The Bertz CT molecular complexity index is 1060. The van der Waals surface area contributed by atoms with Gasteiger partial charge in [-0.15, -0.1) is 0 Å². The summed E-state index contributed by atoms with van der Waals surface area (Å²) >= 11 is 0. The molecule has 6 heteroatoms. The van der Waals surface area contributed by atoms with Gasteiger partial charge in [0.2, 0.25) is 0 Å². The van der Waals surface area contributed by atoms with Crippen LogP contribution in [0, 0.1) is 0 Å². The molecule has 0 spiro atoms. The number of ether oxygens (including phenoxy) is 1. The SMILES string of the molecule is COC(=O)c1cccc(C(=O)NCc2ccc(N3CCc4ccccc4C3)nc2)c1. The molecule has 6 nitrogen and oxygen atoms in total. The lowest BCUT2D eigenvalue weighted by Gasteiger charge is -2.29. The van der Waals surface area contributed by atoms with Gasteiger partial charge in [0.1, 0.15) is 5.82 Å². The fourth-order valence-corrected chi connectivity index (χ4v) is 3.59. The van der Waals surface area contributed by atoms with E-state index >= 15 is 0 Å². The lowest BCUT2D eigenvalue weighted by Crippen LogP contribution is -2.31. The second-order valence-corrected chi connectivity index (χ2v) is 7.22. The van der Waals surface area contributed by atoms with Crippen molar-refractivity contribution in [3.05, 3.63) is 94.7 Å². The molecule has 1 aliphatic rings. The number of carbonyl (C=O) groups excluding carboxylic acids is 2. The third-order valence-corrected chi connectivity index (χ3v) is 5.26. The largest absolute Gasteiger partial charge is 0.465 e. The fraction of sp³-hybridized carbons (Fsp3) is 0.208. The maximum absolute atomic E-state index is 12.4. The predicted molar refractivity (Wildman–Crippen MR) is 114 cm³/mol. The van der Waals surface area contributed by atoms with Crippen LogP contribution >= 0.6 is 0 Å². The van der Waals surface area contributed by atoms with Crippen LogP contribution in [-0.2, 0) is 24.2 Å². The summed E-state index contributed by atoms with van der Waals surface area (Å²) in [5, 5.41) is 2.87. The molecule has 30 heavy (non-hydrogen) atoms. The molecule has 0 saturated carbocycles. The number of hydrogen-bond donors (Lipinski definition) is 1. The molecule has 0 unspecified atom stereocenters. The van der Waals surface area contributed by atoms with Crippen molar-refractivity contribution in [2.24, 2.45) is 0 Å². The monoisotopic (exact) mass is 401 g/mol. The smallest absolute Gasteiger partial charge is 0.337 e. The van der Waals surface area contributed by atoms with Crippen LogP contribution in [0.25, 0.3) is 0 Å². The number of benzene rings is 2. The van der Waals surface area contributed by atoms with Crippen LogP contribution in [0.1, 0.15) is 37.4 Å². The van der Waals surface area contributed by atoms with Crippen molar-refractivity contribution in [1.82, 2.24) is 10.3 Å². The highest BCUT2D eigenvalue weighted by molar-refractivity contribution is 5.97. The lowest BCUT2D eigenvalue weighted by molar-refractivity contribution is 0.0600. The third-order valence-electron chi connectivity index (χ3n) is 5.26. The Morgan fingerprint density at radius 2 is 1.83 bits per heavy atom. The predicted octanol–water partition coefficient (Wildman–Crippen LogP) is 3.36. The van der Waals surface area contributed by atoms with Gasteiger partial charge in [0, 0.05) is 31.4 Å². The minimum absolute atomic E-state index is 0.252. The first kappa shape index (κ1) is 19.6. The standard InChI is InChI=1S/C24H23N3O3/c1-30-24(29)20-8-4-7-19(13-20)23(28)26-15-17-9-10-22(25-14-17)27-12-11-18-5-2-3-6-21(18)16-27/h2-10,13-14H,11-12,15-16H2,1H3,(H,26,28). The molecule has 0 atom stereocenters. The zero-order valence-corrected chi connectivity index (χ0v) is 16.8. The van der Waals surface area contributed by atoms with E-state index in [1.54, 1.807) is 24.4 Å². The number of rotatable bonds is 5. The van der Waals surface area contributed by atoms with Gasteiger partial charge in [-0.1, -0.05) is 36.4 Å². The maximum atomic E-state index is 12.4. The van der Waals surface area contributed by atoms with Crippen molar-refractivity contribution in [3.63, 3.8) is 0 Å². The topological polar surface area (TPSA) is 71.5 Å². The van der Waals surface area contributed by atoms with E-state index in [2.05, 4.69) is 39.5 Å². The van der Waals surface area contributed by atoms with Crippen LogP contribution in [0.3, 0.4) is 0 Å². The highest BCUT2D eigenvalue weighted by Crippen LogP contribution is 2.23. The fourth-order valence-electron chi connectivity index (χ4n) is 3.59. The Morgan fingerprint density at radius 1 is 1.03 bits per heavy atom. The van der Waals surface area contributed by atoms with Gasteiger partial charge in [-0.2, -0.15) is 0 Å². The molecule has 0 bridgehead atoms. The number of carbonyl (C=O) groups is 2. The number of anilines is 1. The summed E-state index contributed by atoms with van der Waals surface area (Å²) in [5.41, 5.74) is 4.42. The first-order valence-corrected chi connectivity index (χ1v) is 9.87. The summed E-state index contributed by atoms with van der Waals surface area (Å²) in [7, 11) is 1.31. The molecule has 1 amide bonds. The normalized spacial score (nSPS) is 12.8. The summed E-state index contributed by atoms with van der Waals surface area (Å²) in [4.78, 5) is 30.9. The van der Waals surface area contributed by atoms with Gasteiger partial charge >= 0.3 is 5.97 Å². The van der Waals surface area contributed by atoms with Gasteiger partial charge in [-0.05, 0) is 47.4 Å². The van der Waals surface area contributed by atoms with E-state index in [4.69, 9.17) is 4.74 Å². The first-order chi connectivity index (χ1) is 14.6. The Balaban J connectivity index is 1.36. The van der Waals surface area contributed by atoms with Gasteiger partial charge in [-0.25, -0.2) is 9.78 Å². The number of methoxy groups -OCH3 is 1. The number of amides is 1. The summed E-state index contributed by atoms with van der Waals surface area (Å²) in [6.07, 6.45) is 2.81. The summed E-state index contributed by atoms with van der Waals surface area (Å²) in [5.74, 6) is 0.215. The molecule has 152 valence electrons. The molecule has 1 N–H and O–H groups in total. The van der Waals surface area contributed by atoms with Gasteiger partial charge < -0.3 is 15.0 Å². The number of aromatic nitrogens is 1. The van der Waals surface area contributed by atoms with Crippen molar-refractivity contribution in [2.45, 2.75) is 19.5 Å². The number of hydrogen-bond acceptors (Lipinski definition) is 5. The van der Waals surface area contributed by atoms with Crippen molar-refractivity contribution in [2.75, 3.05) is 18.6 Å². The molecule has 2 aromatic carbocycles. The highest BCUT2D eigenvalue weighted by atomic mass is 16.5. The molecule has 2 heterocycles. The quantitative estimate of drug-likeness (QED) is 0.664. The van der Waals surface area contributed by atoms with Crippen LogP contribution in [0.2, 0.25) is 0 Å². The molecular formula is C24H23N3O3. The average Bonchev–Trinajstić information content (AvgIpc) is 2.82. The van der Waals surface area contributed by atoms with Crippen molar-refractivity contribution in [3.8, 4) is 0 Å². The van der Waals surface area contributed by atoms with E-state index in [1.165, 1.54) is 24.3 Å². The van der Waals surface area contributed by atoms with E-state index in [9.17, 15) is 9.59 Å². The van der Waals surface area contributed by atoms with Crippen LogP contribution in [0.4, 0.5) is 5.82 Å². The van der Waals surface area contributed by atoms with Crippen LogP contribution < -0.4 is 10.2 Å². The number of esters is 1. The number of nitrogens with zero attached hydrogens (tertiary/aromatic N) is 2. The van der Waals surface area contributed by atoms with Crippen LogP contribution in [0.15, 0.2) is 66.9 Å². The molecule has 4 rings (SSSR count). The lowest BCUT2D eigenvalue weighted by atomic mass is 10.00. The summed E-state index contributed by atoms with van der Waals surface area (Å²) < 4.78 is 4.70. The van der Waals surface area contributed by atoms with Crippen molar-refractivity contribution >= 4 is 17.7 Å². The molecule has 1 aliphatic heterocycles. The summed E-state index contributed by atoms with van der Waals surface area (Å²) in [6.45, 7) is 2.16. The second-order valence-electron chi connectivity index (χ2n) is 7.22. The molecule has 1 aromatic heterocycles. The number of fused-ring (bicyclic) bond motifs is 1. The zero-order chi connectivity index (χ0) is 20.9. The van der Waals surface area contributed by atoms with Gasteiger partial charge in [0.15, 0.2) is 0 Å². The average molecular weight is 401 g/mol. The molecule has 0 saturated heterocycles. The molecule has 3 aromatic rings. The van der Waals surface area contributed by atoms with E-state index < -0.39 is 5.97 Å². The third kappa shape index (κ3) is 4.33. The van der Waals surface area contributed by atoms with Gasteiger partial charge in [0.05, 0.1) is 12.7 Å². The highest BCUT2D eigenvalue weighted by Gasteiger charge is 2.17. The Morgan fingerprint density at radius 3 is 2.60 bits per heavy atom. The second kappa shape index (κ2) is 8.78. The Hall–Kier alpha value is -3.67. The van der Waals surface area contributed by atoms with Gasteiger partial charge in [-0.3, -0.25) is 4.79 Å². The Labute approximate surface area is 175 Å². The van der Waals surface area contributed by atoms with Crippen LogP contribution in [0.5, 0.6) is 0 Å².